The van der Waals surface area contributed by atoms with Crippen molar-refractivity contribution in [2.45, 2.75) is 38.6 Å². The van der Waals surface area contributed by atoms with Crippen molar-refractivity contribution >= 4 is 5.69 Å². The minimum atomic E-state index is 0.701. The standard InChI is InChI=1S/C22H27N3/c1-15-3-6-21-19(11-15)20-14-24-9-8-18(13-24)22(20)25(21)10-7-17-5-4-16(2)23-12-17/h3-6,11-12,18,20,22H,7-10,13-14H2,1-2H3/t18-,20+,22+/m0/s1. The molecule has 2 saturated heterocycles. The third kappa shape index (κ3) is 2.56. The lowest BCUT2D eigenvalue weighted by Gasteiger charge is -2.39. The highest BCUT2D eigenvalue weighted by molar-refractivity contribution is 5.64. The van der Waals surface area contributed by atoms with Crippen molar-refractivity contribution in [3.05, 3.63) is 58.9 Å². The summed E-state index contributed by atoms with van der Waals surface area (Å²) >= 11 is 0. The molecule has 0 amide bonds. The number of hydrogen-bond donors (Lipinski definition) is 0. The summed E-state index contributed by atoms with van der Waals surface area (Å²) in [6, 6.07) is 12.2. The quantitative estimate of drug-likeness (QED) is 0.856. The highest BCUT2D eigenvalue weighted by atomic mass is 15.3. The smallest absolute Gasteiger partial charge is 0.0412 e. The first-order valence-electron chi connectivity index (χ1n) is 9.70. The second kappa shape index (κ2) is 5.84. The number of rotatable bonds is 3. The van der Waals surface area contributed by atoms with E-state index in [4.69, 9.17) is 0 Å². The Hall–Kier alpha value is -1.87. The molecule has 1 aromatic carbocycles. The first-order valence-corrected chi connectivity index (χ1v) is 9.70. The largest absolute Gasteiger partial charge is 0.367 e. The van der Waals surface area contributed by atoms with E-state index < -0.39 is 0 Å². The molecule has 3 aliphatic rings. The van der Waals surface area contributed by atoms with Crippen LogP contribution < -0.4 is 4.90 Å². The number of nitrogens with zero attached hydrogens (tertiary/aromatic N) is 3. The number of fused-ring (bicyclic) bond motifs is 6. The third-order valence-electron chi connectivity index (χ3n) is 6.52. The van der Waals surface area contributed by atoms with Crippen molar-refractivity contribution in [1.29, 1.82) is 0 Å². The summed E-state index contributed by atoms with van der Waals surface area (Å²) in [4.78, 5) is 9.90. The second-order valence-electron chi connectivity index (χ2n) is 8.22. The number of piperidine rings is 1. The average molecular weight is 333 g/mol. The predicted octanol–water partition coefficient (Wildman–Crippen LogP) is 3.55. The molecule has 0 saturated carbocycles. The molecule has 2 aromatic rings. The van der Waals surface area contributed by atoms with Crippen LogP contribution in [0.15, 0.2) is 36.5 Å². The normalized spacial score (nSPS) is 29.6. The van der Waals surface area contributed by atoms with Crippen LogP contribution in [0.2, 0.25) is 0 Å². The zero-order valence-electron chi connectivity index (χ0n) is 15.3. The number of benzene rings is 1. The number of pyridine rings is 1. The Bertz CT molecular complexity index is 782. The minimum absolute atomic E-state index is 0.701. The van der Waals surface area contributed by atoms with Gasteiger partial charge in [0.1, 0.15) is 0 Å². The molecule has 0 aliphatic carbocycles. The van der Waals surface area contributed by atoms with Crippen LogP contribution in [0.4, 0.5) is 5.69 Å². The maximum absolute atomic E-state index is 4.47. The van der Waals surface area contributed by atoms with E-state index in [1.54, 1.807) is 5.56 Å². The zero-order valence-corrected chi connectivity index (χ0v) is 15.3. The molecule has 4 heterocycles. The van der Waals surface area contributed by atoms with E-state index in [1.807, 2.05) is 0 Å². The molecule has 130 valence electrons. The molecule has 3 nitrogen and oxygen atoms in total. The molecule has 0 radical (unpaired) electrons. The Balaban J connectivity index is 1.45. The van der Waals surface area contributed by atoms with Gasteiger partial charge in [0.15, 0.2) is 0 Å². The van der Waals surface area contributed by atoms with Crippen molar-refractivity contribution in [3.63, 3.8) is 0 Å². The van der Waals surface area contributed by atoms with Crippen molar-refractivity contribution in [2.75, 3.05) is 31.1 Å². The molecule has 0 spiro atoms. The lowest BCUT2D eigenvalue weighted by molar-refractivity contribution is 0.220. The highest BCUT2D eigenvalue weighted by Crippen LogP contribution is 2.49. The maximum atomic E-state index is 4.47. The molecule has 1 aromatic heterocycles. The zero-order chi connectivity index (χ0) is 17.0. The van der Waals surface area contributed by atoms with E-state index in [1.165, 1.54) is 42.9 Å². The number of anilines is 1. The van der Waals surface area contributed by atoms with Crippen molar-refractivity contribution in [3.8, 4) is 0 Å². The Kier molecular flexibility index (Phi) is 3.60. The molecule has 5 rings (SSSR count). The molecule has 25 heavy (non-hydrogen) atoms. The molecule has 1 unspecified atom stereocenters. The van der Waals surface area contributed by atoms with Gasteiger partial charge in [-0.15, -0.1) is 0 Å². The number of aryl methyl sites for hydroxylation is 2. The Labute approximate surface area is 150 Å². The Morgan fingerprint density at radius 1 is 1.12 bits per heavy atom. The fourth-order valence-corrected chi connectivity index (χ4v) is 5.33. The fraction of sp³-hybridized carbons (Fsp3) is 0.500. The van der Waals surface area contributed by atoms with E-state index in [0.717, 1.165) is 24.6 Å². The van der Waals surface area contributed by atoms with E-state index in [0.29, 0.717) is 12.0 Å². The SMILES string of the molecule is Cc1ccc2c(c1)[C@H]1CN3CC[C@@H](C3)[C@H]1N2CCc1ccc(C)nc1. The van der Waals surface area contributed by atoms with E-state index in [9.17, 15) is 0 Å². The van der Waals surface area contributed by atoms with Gasteiger partial charge in [-0.2, -0.15) is 0 Å². The number of aromatic nitrogens is 1. The van der Waals surface area contributed by atoms with Crippen LogP contribution >= 0.6 is 0 Å². The van der Waals surface area contributed by atoms with Crippen LogP contribution in [0.1, 0.15) is 34.7 Å². The van der Waals surface area contributed by atoms with Gasteiger partial charge in [0, 0.05) is 49.2 Å². The summed E-state index contributed by atoms with van der Waals surface area (Å²) in [6.45, 7) is 9.25. The summed E-state index contributed by atoms with van der Waals surface area (Å²) in [5.74, 6) is 1.54. The van der Waals surface area contributed by atoms with Crippen LogP contribution in [0, 0.1) is 19.8 Å². The molecular formula is C22H27N3. The van der Waals surface area contributed by atoms with Crippen LogP contribution in [0.3, 0.4) is 0 Å². The van der Waals surface area contributed by atoms with Crippen molar-refractivity contribution in [1.82, 2.24) is 9.88 Å². The van der Waals surface area contributed by atoms with Gasteiger partial charge >= 0.3 is 0 Å². The average Bonchev–Trinajstić information content (AvgIpc) is 3.14. The van der Waals surface area contributed by atoms with Gasteiger partial charge < -0.3 is 9.80 Å². The van der Waals surface area contributed by atoms with Crippen LogP contribution in [-0.4, -0.2) is 42.1 Å². The van der Waals surface area contributed by atoms with Gasteiger partial charge in [0.05, 0.1) is 0 Å². The maximum Gasteiger partial charge on any atom is 0.0412 e. The van der Waals surface area contributed by atoms with Crippen LogP contribution in [0.5, 0.6) is 0 Å². The monoisotopic (exact) mass is 333 g/mol. The Morgan fingerprint density at radius 3 is 2.88 bits per heavy atom. The fourth-order valence-electron chi connectivity index (χ4n) is 5.33. The van der Waals surface area contributed by atoms with Gasteiger partial charge in [-0.3, -0.25) is 4.98 Å². The van der Waals surface area contributed by atoms with Gasteiger partial charge in [0.2, 0.25) is 0 Å². The topological polar surface area (TPSA) is 19.4 Å². The summed E-state index contributed by atoms with van der Waals surface area (Å²) in [7, 11) is 0. The van der Waals surface area contributed by atoms with Gasteiger partial charge in [-0.1, -0.05) is 23.8 Å². The molecule has 0 N–H and O–H groups in total. The van der Waals surface area contributed by atoms with Crippen LogP contribution in [0.25, 0.3) is 0 Å². The lowest BCUT2D eigenvalue weighted by atomic mass is 9.83. The summed E-state index contributed by atoms with van der Waals surface area (Å²) < 4.78 is 0. The van der Waals surface area contributed by atoms with Gasteiger partial charge in [0.25, 0.3) is 0 Å². The van der Waals surface area contributed by atoms with E-state index >= 15 is 0 Å². The molecule has 2 bridgehead atoms. The molecule has 3 heteroatoms. The molecule has 4 atom stereocenters. The summed E-state index contributed by atoms with van der Waals surface area (Å²) in [5.41, 5.74) is 6.95. The predicted molar refractivity (Wildman–Crippen MR) is 102 cm³/mol. The summed E-state index contributed by atoms with van der Waals surface area (Å²) in [6.07, 6.45) is 4.51. The third-order valence-corrected chi connectivity index (χ3v) is 6.52. The molecule has 2 fully saturated rings. The molecule has 3 aliphatic heterocycles. The second-order valence-corrected chi connectivity index (χ2v) is 8.22. The Morgan fingerprint density at radius 2 is 2.04 bits per heavy atom. The van der Waals surface area contributed by atoms with Crippen molar-refractivity contribution in [2.24, 2.45) is 5.92 Å². The van der Waals surface area contributed by atoms with Gasteiger partial charge in [-0.05, 0) is 62.4 Å². The van der Waals surface area contributed by atoms with E-state index in [2.05, 4.69) is 65.2 Å². The lowest BCUT2D eigenvalue weighted by Crippen LogP contribution is -2.48. The first kappa shape index (κ1) is 15.4. The minimum Gasteiger partial charge on any atom is -0.367 e. The van der Waals surface area contributed by atoms with Gasteiger partial charge in [-0.25, -0.2) is 0 Å². The highest BCUT2D eigenvalue weighted by Gasteiger charge is 2.48. The van der Waals surface area contributed by atoms with Crippen molar-refractivity contribution < 1.29 is 0 Å². The number of hydrogen-bond acceptors (Lipinski definition) is 3. The van der Waals surface area contributed by atoms with Crippen LogP contribution in [-0.2, 0) is 6.42 Å². The first-order chi connectivity index (χ1) is 12.2. The molecular weight excluding hydrogens is 306 g/mol. The summed E-state index contributed by atoms with van der Waals surface area (Å²) in [5, 5.41) is 0. The van der Waals surface area contributed by atoms with E-state index in [-0.39, 0.29) is 0 Å².